The molecule has 0 saturated carbocycles. The minimum absolute atomic E-state index is 0.132. The summed E-state index contributed by atoms with van der Waals surface area (Å²) in [5.74, 6) is 0.0490. The summed E-state index contributed by atoms with van der Waals surface area (Å²) in [5, 5.41) is 8.80. The number of fused-ring (bicyclic) bond motifs is 1. The summed E-state index contributed by atoms with van der Waals surface area (Å²) in [5.41, 5.74) is 1.76. The first kappa shape index (κ1) is 6.80. The first-order valence-electron chi connectivity index (χ1n) is 3.71. The minimum atomic E-state index is -0.132. The lowest BCUT2D eigenvalue weighted by Crippen LogP contribution is -2.21. The fraction of sp³-hybridized carbons (Fsp3) is 0.333. The zero-order chi connectivity index (χ0) is 7.84. The lowest BCUT2D eigenvalue weighted by Gasteiger charge is -2.28. The second-order valence-corrected chi connectivity index (χ2v) is 2.89. The van der Waals surface area contributed by atoms with Gasteiger partial charge in [-0.15, -0.1) is 0 Å². The van der Waals surface area contributed by atoms with Gasteiger partial charge in [-0.1, -0.05) is 12.1 Å². The standard InChI is InChI=1S/C9H9FO/c10-9-3-1-2-7-6(5-11)4-8(7)9/h1-3,6,11H,4-5H2. The summed E-state index contributed by atoms with van der Waals surface area (Å²) in [4.78, 5) is 0. The maximum Gasteiger partial charge on any atom is 0.126 e. The van der Waals surface area contributed by atoms with E-state index in [1.807, 2.05) is 6.07 Å². The average molecular weight is 152 g/mol. The van der Waals surface area contributed by atoms with Gasteiger partial charge in [0.2, 0.25) is 0 Å². The van der Waals surface area contributed by atoms with Gasteiger partial charge in [-0.05, 0) is 23.6 Å². The van der Waals surface area contributed by atoms with Gasteiger partial charge >= 0.3 is 0 Å². The molecule has 0 heterocycles. The fourth-order valence-electron chi connectivity index (χ4n) is 1.56. The Kier molecular flexibility index (Phi) is 1.43. The number of aliphatic hydroxyl groups excluding tert-OH is 1. The summed E-state index contributed by atoms with van der Waals surface area (Å²) in [7, 11) is 0. The molecule has 1 atom stereocenters. The molecular weight excluding hydrogens is 143 g/mol. The second kappa shape index (κ2) is 2.31. The molecule has 0 fully saturated rings. The summed E-state index contributed by atoms with van der Waals surface area (Å²) < 4.78 is 12.9. The molecule has 1 N–H and O–H groups in total. The zero-order valence-corrected chi connectivity index (χ0v) is 6.05. The van der Waals surface area contributed by atoms with Crippen molar-refractivity contribution in [2.24, 2.45) is 0 Å². The van der Waals surface area contributed by atoms with E-state index in [-0.39, 0.29) is 18.3 Å². The van der Waals surface area contributed by atoms with Gasteiger partial charge in [0.15, 0.2) is 0 Å². The van der Waals surface area contributed by atoms with Crippen molar-refractivity contribution >= 4 is 0 Å². The van der Waals surface area contributed by atoms with E-state index in [2.05, 4.69) is 0 Å². The van der Waals surface area contributed by atoms with Crippen LogP contribution in [-0.2, 0) is 6.42 Å². The van der Waals surface area contributed by atoms with E-state index in [0.717, 1.165) is 11.1 Å². The van der Waals surface area contributed by atoms with E-state index < -0.39 is 0 Å². The lowest BCUT2D eigenvalue weighted by atomic mass is 9.78. The van der Waals surface area contributed by atoms with Crippen LogP contribution in [0, 0.1) is 5.82 Å². The molecule has 1 aromatic carbocycles. The fourth-order valence-corrected chi connectivity index (χ4v) is 1.56. The highest BCUT2D eigenvalue weighted by atomic mass is 19.1. The highest BCUT2D eigenvalue weighted by Crippen LogP contribution is 2.35. The third-order valence-corrected chi connectivity index (χ3v) is 2.27. The predicted octanol–water partition coefficient (Wildman–Crippen LogP) is 1.46. The third kappa shape index (κ3) is 0.862. The van der Waals surface area contributed by atoms with E-state index in [9.17, 15) is 4.39 Å². The first-order chi connectivity index (χ1) is 5.33. The van der Waals surface area contributed by atoms with E-state index in [0.29, 0.717) is 6.42 Å². The molecule has 1 aliphatic rings. The Labute approximate surface area is 64.5 Å². The Morgan fingerprint density at radius 2 is 2.36 bits per heavy atom. The van der Waals surface area contributed by atoms with E-state index in [1.54, 1.807) is 6.07 Å². The SMILES string of the molecule is OCC1Cc2c(F)cccc21. The van der Waals surface area contributed by atoms with Crippen LogP contribution >= 0.6 is 0 Å². The van der Waals surface area contributed by atoms with Gasteiger partial charge in [0.25, 0.3) is 0 Å². The van der Waals surface area contributed by atoms with Crippen molar-refractivity contribution in [3.05, 3.63) is 35.1 Å². The first-order valence-corrected chi connectivity index (χ1v) is 3.71. The molecule has 1 nitrogen and oxygen atoms in total. The molecule has 0 aliphatic heterocycles. The Hall–Kier alpha value is -0.890. The maximum absolute atomic E-state index is 12.9. The lowest BCUT2D eigenvalue weighted by molar-refractivity contribution is 0.251. The van der Waals surface area contributed by atoms with Crippen molar-refractivity contribution in [3.63, 3.8) is 0 Å². The van der Waals surface area contributed by atoms with Crippen molar-refractivity contribution < 1.29 is 9.50 Å². The van der Waals surface area contributed by atoms with Crippen LogP contribution in [-0.4, -0.2) is 11.7 Å². The van der Waals surface area contributed by atoms with Crippen LogP contribution in [0.5, 0.6) is 0 Å². The number of benzene rings is 1. The van der Waals surface area contributed by atoms with Crippen molar-refractivity contribution in [1.29, 1.82) is 0 Å². The van der Waals surface area contributed by atoms with Crippen LogP contribution in [0.15, 0.2) is 18.2 Å². The number of aliphatic hydroxyl groups is 1. The number of halogens is 1. The van der Waals surface area contributed by atoms with Crippen molar-refractivity contribution in [2.75, 3.05) is 6.61 Å². The van der Waals surface area contributed by atoms with Gasteiger partial charge in [-0.2, -0.15) is 0 Å². The monoisotopic (exact) mass is 152 g/mol. The van der Waals surface area contributed by atoms with Crippen molar-refractivity contribution in [1.82, 2.24) is 0 Å². The molecule has 11 heavy (non-hydrogen) atoms. The number of rotatable bonds is 1. The van der Waals surface area contributed by atoms with Gasteiger partial charge in [-0.3, -0.25) is 0 Å². The van der Waals surface area contributed by atoms with Crippen molar-refractivity contribution in [3.8, 4) is 0 Å². The predicted molar refractivity (Wildman–Crippen MR) is 39.9 cm³/mol. The highest BCUT2D eigenvalue weighted by molar-refractivity contribution is 5.40. The molecule has 1 unspecified atom stereocenters. The molecule has 0 bridgehead atoms. The van der Waals surface area contributed by atoms with Crippen LogP contribution in [0.25, 0.3) is 0 Å². The van der Waals surface area contributed by atoms with Gasteiger partial charge in [0.1, 0.15) is 5.82 Å². The summed E-state index contributed by atoms with van der Waals surface area (Å²) in [6.45, 7) is 0.135. The largest absolute Gasteiger partial charge is 0.396 e. The van der Waals surface area contributed by atoms with Gasteiger partial charge in [-0.25, -0.2) is 4.39 Å². The second-order valence-electron chi connectivity index (χ2n) is 2.89. The Bertz CT molecular complexity index is 283. The normalized spacial score (nSPS) is 20.7. The van der Waals surface area contributed by atoms with Crippen LogP contribution in [0.1, 0.15) is 17.0 Å². The molecular formula is C9H9FO. The van der Waals surface area contributed by atoms with E-state index in [1.165, 1.54) is 6.07 Å². The highest BCUT2D eigenvalue weighted by Gasteiger charge is 2.27. The molecule has 0 amide bonds. The molecule has 0 saturated heterocycles. The topological polar surface area (TPSA) is 20.2 Å². The van der Waals surface area contributed by atoms with Crippen LogP contribution in [0.4, 0.5) is 4.39 Å². The molecule has 58 valence electrons. The van der Waals surface area contributed by atoms with Gasteiger partial charge in [0.05, 0.1) is 6.61 Å². The smallest absolute Gasteiger partial charge is 0.126 e. The minimum Gasteiger partial charge on any atom is -0.396 e. The molecule has 0 aromatic heterocycles. The third-order valence-electron chi connectivity index (χ3n) is 2.27. The zero-order valence-electron chi connectivity index (χ0n) is 6.05. The quantitative estimate of drug-likeness (QED) is 0.645. The van der Waals surface area contributed by atoms with E-state index in [4.69, 9.17) is 5.11 Å². The molecule has 1 aromatic rings. The number of hydrogen-bond donors (Lipinski definition) is 1. The summed E-state index contributed by atoms with van der Waals surface area (Å²) in [6.07, 6.45) is 0.693. The Balaban J connectivity index is 2.41. The summed E-state index contributed by atoms with van der Waals surface area (Å²) >= 11 is 0. The maximum atomic E-state index is 12.9. The molecule has 2 rings (SSSR count). The molecule has 0 spiro atoms. The van der Waals surface area contributed by atoms with Gasteiger partial charge in [0, 0.05) is 5.92 Å². The molecule has 1 aliphatic carbocycles. The van der Waals surface area contributed by atoms with Crippen LogP contribution < -0.4 is 0 Å². The van der Waals surface area contributed by atoms with Crippen LogP contribution in [0.3, 0.4) is 0 Å². The Morgan fingerprint density at radius 1 is 1.55 bits per heavy atom. The van der Waals surface area contributed by atoms with Crippen LogP contribution in [0.2, 0.25) is 0 Å². The summed E-state index contributed by atoms with van der Waals surface area (Å²) in [6, 6.07) is 5.03. The number of hydrogen-bond acceptors (Lipinski definition) is 1. The Morgan fingerprint density at radius 3 is 3.09 bits per heavy atom. The molecule has 0 radical (unpaired) electrons. The van der Waals surface area contributed by atoms with Crippen molar-refractivity contribution in [2.45, 2.75) is 12.3 Å². The molecule has 2 heteroatoms. The van der Waals surface area contributed by atoms with Gasteiger partial charge < -0.3 is 5.11 Å². The van der Waals surface area contributed by atoms with E-state index >= 15 is 0 Å². The average Bonchev–Trinajstić information content (AvgIpc) is 1.95.